The molecule has 0 saturated carbocycles. The van der Waals surface area contributed by atoms with Gasteiger partial charge in [0.05, 0.1) is 5.75 Å². The summed E-state index contributed by atoms with van der Waals surface area (Å²) >= 11 is 1.35. The van der Waals surface area contributed by atoms with Crippen LogP contribution in [-0.2, 0) is 11.8 Å². The number of nitrogens with one attached hydrogen (secondary N) is 1. The van der Waals surface area contributed by atoms with Gasteiger partial charge in [0.1, 0.15) is 5.75 Å². The van der Waals surface area contributed by atoms with Gasteiger partial charge in [0.2, 0.25) is 5.91 Å². The third kappa shape index (κ3) is 6.10. The fraction of sp³-hybridized carbons (Fsp3) is 0.375. The van der Waals surface area contributed by atoms with Crippen molar-refractivity contribution in [1.82, 2.24) is 14.8 Å². The van der Waals surface area contributed by atoms with Crippen LogP contribution in [0, 0.1) is 13.8 Å². The summed E-state index contributed by atoms with van der Waals surface area (Å²) < 4.78 is 7.92. The fourth-order valence-electron chi connectivity index (χ4n) is 3.37. The molecular weight excluding hydrogens is 408 g/mol. The first kappa shape index (κ1) is 22.9. The minimum absolute atomic E-state index is 0.0749. The molecule has 1 N–H and O–H groups in total. The van der Waals surface area contributed by atoms with Crippen molar-refractivity contribution in [2.45, 2.75) is 51.8 Å². The van der Waals surface area contributed by atoms with E-state index in [0.29, 0.717) is 16.9 Å². The van der Waals surface area contributed by atoms with Gasteiger partial charge in [-0.15, -0.1) is 10.2 Å². The molecule has 1 heterocycles. The molecule has 1 aromatic heterocycles. The molecule has 0 aliphatic rings. The quantitative estimate of drug-likeness (QED) is 0.475. The first-order valence-corrected chi connectivity index (χ1v) is 11.4. The van der Waals surface area contributed by atoms with Crippen LogP contribution in [0.4, 0.5) is 5.69 Å². The highest BCUT2D eigenvalue weighted by molar-refractivity contribution is 7.99. The lowest BCUT2D eigenvalue weighted by molar-refractivity contribution is -0.113. The zero-order valence-corrected chi connectivity index (χ0v) is 19.8. The molecule has 2 aromatic carbocycles. The summed E-state index contributed by atoms with van der Waals surface area (Å²) in [4.78, 5) is 12.4. The molecule has 0 spiro atoms. The molecular formula is C24H30N4O2S. The molecule has 0 aliphatic heterocycles. The van der Waals surface area contributed by atoms with Gasteiger partial charge in [-0.2, -0.15) is 0 Å². The van der Waals surface area contributed by atoms with E-state index in [1.807, 2.05) is 56.7 Å². The number of hydrogen-bond donors (Lipinski definition) is 1. The normalized spacial score (nSPS) is 12.1. The van der Waals surface area contributed by atoms with Crippen molar-refractivity contribution in [3.63, 3.8) is 0 Å². The predicted octanol–water partition coefficient (Wildman–Crippen LogP) is 5.43. The largest absolute Gasteiger partial charge is 0.483 e. The van der Waals surface area contributed by atoms with Crippen LogP contribution in [0.25, 0.3) is 0 Å². The van der Waals surface area contributed by atoms with Crippen LogP contribution in [0.3, 0.4) is 0 Å². The van der Waals surface area contributed by atoms with Crippen LogP contribution in [-0.4, -0.2) is 26.4 Å². The summed E-state index contributed by atoms with van der Waals surface area (Å²) in [6.45, 7) is 10.3. The van der Waals surface area contributed by atoms with Crippen molar-refractivity contribution >= 4 is 23.4 Å². The molecule has 0 saturated heterocycles. The minimum atomic E-state index is -0.263. The maximum atomic E-state index is 12.4. The number of benzene rings is 2. The lowest BCUT2D eigenvalue weighted by Gasteiger charge is -2.15. The monoisotopic (exact) mass is 438 g/mol. The molecule has 6 nitrogen and oxygen atoms in total. The van der Waals surface area contributed by atoms with Gasteiger partial charge in [0.15, 0.2) is 17.1 Å². The van der Waals surface area contributed by atoms with Gasteiger partial charge in [-0.3, -0.25) is 4.79 Å². The van der Waals surface area contributed by atoms with Crippen LogP contribution in [0.1, 0.15) is 55.3 Å². The zero-order chi connectivity index (χ0) is 22.5. The Balaban J connectivity index is 1.58. The van der Waals surface area contributed by atoms with Gasteiger partial charge >= 0.3 is 0 Å². The molecule has 1 amide bonds. The average Bonchev–Trinajstić information content (AvgIpc) is 3.06. The maximum absolute atomic E-state index is 12.4. The number of aromatic nitrogens is 3. The van der Waals surface area contributed by atoms with E-state index in [2.05, 4.69) is 47.6 Å². The highest BCUT2D eigenvalue weighted by Gasteiger charge is 2.18. The summed E-state index contributed by atoms with van der Waals surface area (Å²) in [5.74, 6) is 2.17. The van der Waals surface area contributed by atoms with Gasteiger partial charge in [0.25, 0.3) is 0 Å². The molecule has 3 rings (SSSR count). The average molecular weight is 439 g/mol. The van der Waals surface area contributed by atoms with E-state index in [-0.39, 0.29) is 17.8 Å². The van der Waals surface area contributed by atoms with Gasteiger partial charge < -0.3 is 14.6 Å². The molecule has 1 atom stereocenters. The summed E-state index contributed by atoms with van der Waals surface area (Å²) in [6.07, 6.45) is -0.263. The van der Waals surface area contributed by atoms with Gasteiger partial charge in [-0.1, -0.05) is 43.8 Å². The minimum Gasteiger partial charge on any atom is -0.483 e. The van der Waals surface area contributed by atoms with Crippen molar-refractivity contribution < 1.29 is 9.53 Å². The van der Waals surface area contributed by atoms with Crippen LogP contribution >= 0.6 is 11.8 Å². The Bertz CT molecular complexity index is 1020. The van der Waals surface area contributed by atoms with Crippen molar-refractivity contribution in [3.05, 3.63) is 65.0 Å². The van der Waals surface area contributed by atoms with E-state index in [9.17, 15) is 4.79 Å². The number of anilines is 1. The van der Waals surface area contributed by atoms with Crippen LogP contribution in [0.5, 0.6) is 5.75 Å². The van der Waals surface area contributed by atoms with Crippen molar-refractivity contribution in [1.29, 1.82) is 0 Å². The van der Waals surface area contributed by atoms with Gasteiger partial charge in [0, 0.05) is 12.7 Å². The topological polar surface area (TPSA) is 69.0 Å². The number of carbonyl (C=O) groups is 1. The summed E-state index contributed by atoms with van der Waals surface area (Å²) in [5.41, 5.74) is 4.33. The Morgan fingerprint density at radius 3 is 2.32 bits per heavy atom. The SMILES string of the molecule is Cc1cc(C)cc(NC(=O)CSc2nnc(C(C)Oc3ccc(C(C)C)cc3)n2C)c1. The van der Waals surface area contributed by atoms with Crippen molar-refractivity contribution in [3.8, 4) is 5.75 Å². The van der Waals surface area contributed by atoms with Crippen molar-refractivity contribution in [2.75, 3.05) is 11.1 Å². The maximum Gasteiger partial charge on any atom is 0.234 e. The standard InChI is InChI=1S/C24H30N4O2S/c1-15(2)19-7-9-21(10-8-19)30-18(5)23-26-27-24(28(23)6)31-14-22(29)25-20-12-16(3)11-17(4)13-20/h7-13,15,18H,14H2,1-6H3,(H,25,29). The molecule has 1 unspecified atom stereocenters. The Kier molecular flexibility index (Phi) is 7.38. The van der Waals surface area contributed by atoms with E-state index >= 15 is 0 Å². The van der Waals surface area contributed by atoms with E-state index in [0.717, 1.165) is 22.6 Å². The molecule has 0 fully saturated rings. The number of hydrogen-bond acceptors (Lipinski definition) is 5. The van der Waals surface area contributed by atoms with E-state index < -0.39 is 0 Å². The van der Waals surface area contributed by atoms with Gasteiger partial charge in [-0.05, 0) is 67.6 Å². The van der Waals surface area contributed by atoms with Crippen LogP contribution in [0.2, 0.25) is 0 Å². The number of aryl methyl sites for hydroxylation is 2. The Labute approximate surface area is 188 Å². The number of rotatable bonds is 8. The molecule has 0 radical (unpaired) electrons. The smallest absolute Gasteiger partial charge is 0.234 e. The third-order valence-electron chi connectivity index (χ3n) is 4.93. The number of nitrogens with zero attached hydrogens (tertiary/aromatic N) is 3. The van der Waals surface area contributed by atoms with E-state index in [4.69, 9.17) is 4.74 Å². The fourth-order valence-corrected chi connectivity index (χ4v) is 4.09. The van der Waals surface area contributed by atoms with E-state index in [1.165, 1.54) is 17.3 Å². The summed E-state index contributed by atoms with van der Waals surface area (Å²) in [6, 6.07) is 14.1. The van der Waals surface area contributed by atoms with Gasteiger partial charge in [-0.25, -0.2) is 0 Å². The molecule has 31 heavy (non-hydrogen) atoms. The summed E-state index contributed by atoms with van der Waals surface area (Å²) in [5, 5.41) is 12.1. The first-order chi connectivity index (χ1) is 14.7. The third-order valence-corrected chi connectivity index (χ3v) is 5.95. The molecule has 0 bridgehead atoms. The number of amides is 1. The number of ether oxygens (including phenoxy) is 1. The van der Waals surface area contributed by atoms with E-state index in [1.54, 1.807) is 0 Å². The Morgan fingerprint density at radius 2 is 1.71 bits per heavy atom. The van der Waals surface area contributed by atoms with Crippen molar-refractivity contribution in [2.24, 2.45) is 7.05 Å². The predicted molar refractivity (Wildman–Crippen MR) is 126 cm³/mol. The number of carbonyl (C=O) groups excluding carboxylic acids is 1. The Hall–Kier alpha value is -2.80. The molecule has 3 aromatic rings. The zero-order valence-electron chi connectivity index (χ0n) is 19.0. The molecule has 164 valence electrons. The second kappa shape index (κ2) is 10.0. The Morgan fingerprint density at radius 1 is 1.06 bits per heavy atom. The highest BCUT2D eigenvalue weighted by atomic mass is 32.2. The molecule has 0 aliphatic carbocycles. The molecule has 7 heteroatoms. The second-order valence-electron chi connectivity index (χ2n) is 8.10. The second-order valence-corrected chi connectivity index (χ2v) is 9.04. The highest BCUT2D eigenvalue weighted by Crippen LogP contribution is 2.25. The summed E-state index contributed by atoms with van der Waals surface area (Å²) in [7, 11) is 1.89. The lowest BCUT2D eigenvalue weighted by atomic mass is 10.0. The van der Waals surface area contributed by atoms with Crippen LogP contribution < -0.4 is 10.1 Å². The van der Waals surface area contributed by atoms with Crippen LogP contribution in [0.15, 0.2) is 47.6 Å². The number of thioether (sulfide) groups is 1. The lowest BCUT2D eigenvalue weighted by Crippen LogP contribution is -2.15. The first-order valence-electron chi connectivity index (χ1n) is 10.4.